The molecule has 7 heteroatoms. The molecule has 2 atom stereocenters. The van der Waals surface area contributed by atoms with Gasteiger partial charge in [-0.3, -0.25) is 9.59 Å². The Morgan fingerprint density at radius 2 is 1.91 bits per heavy atom. The highest BCUT2D eigenvalue weighted by Crippen LogP contribution is 2.58. The van der Waals surface area contributed by atoms with E-state index in [1.807, 2.05) is 0 Å². The Kier molecular flexibility index (Phi) is 3.43. The van der Waals surface area contributed by atoms with Crippen molar-refractivity contribution in [1.82, 2.24) is 10.2 Å². The van der Waals surface area contributed by atoms with Crippen molar-refractivity contribution < 1.29 is 19.1 Å². The number of aliphatic carboxylic acids is 1. The van der Waals surface area contributed by atoms with Crippen molar-refractivity contribution in [1.29, 1.82) is 0 Å². The van der Waals surface area contributed by atoms with Crippen molar-refractivity contribution in [3.63, 3.8) is 0 Å². The molecule has 1 aromatic carbocycles. The standard InChI is InChI=1S/C16H17N3O4/c1-8-18-19-14(23-8)9-6-4-5-7-10(9)17-13(20)11-12(15(21)22)16(11,2)3/h4-7,11-12H,1-3H3,(H,17,20)(H,21,22)/t11-,12+/m1/s1. The van der Waals surface area contributed by atoms with Crippen LogP contribution in [0.5, 0.6) is 0 Å². The minimum Gasteiger partial charge on any atom is -0.481 e. The molecule has 0 bridgehead atoms. The number of carboxylic acid groups (broad SMARTS) is 1. The van der Waals surface area contributed by atoms with Crippen LogP contribution in [0.1, 0.15) is 19.7 Å². The summed E-state index contributed by atoms with van der Waals surface area (Å²) in [5, 5.41) is 19.7. The van der Waals surface area contributed by atoms with Gasteiger partial charge in [0.15, 0.2) is 0 Å². The Balaban J connectivity index is 1.85. The molecule has 1 amide bonds. The highest BCUT2D eigenvalue weighted by atomic mass is 16.4. The SMILES string of the molecule is Cc1nnc(-c2ccccc2NC(=O)[C@H]2[C@@H](C(=O)O)C2(C)C)o1. The topological polar surface area (TPSA) is 105 Å². The van der Waals surface area contributed by atoms with E-state index in [4.69, 9.17) is 4.42 Å². The lowest BCUT2D eigenvalue weighted by Gasteiger charge is -2.09. The molecule has 23 heavy (non-hydrogen) atoms. The zero-order valence-corrected chi connectivity index (χ0v) is 13.0. The van der Waals surface area contributed by atoms with Crippen LogP contribution >= 0.6 is 0 Å². The first kappa shape index (κ1) is 15.2. The number of nitrogens with zero attached hydrogens (tertiary/aromatic N) is 2. The van der Waals surface area contributed by atoms with Gasteiger partial charge in [-0.2, -0.15) is 0 Å². The minimum atomic E-state index is -0.948. The quantitative estimate of drug-likeness (QED) is 0.897. The Morgan fingerprint density at radius 1 is 1.22 bits per heavy atom. The molecule has 1 fully saturated rings. The second-order valence-electron chi connectivity index (χ2n) is 6.28. The van der Waals surface area contributed by atoms with Gasteiger partial charge in [0, 0.05) is 6.92 Å². The number of aryl methyl sites for hydroxylation is 1. The molecule has 1 saturated carbocycles. The summed E-state index contributed by atoms with van der Waals surface area (Å²) in [6.45, 7) is 5.24. The summed E-state index contributed by atoms with van der Waals surface area (Å²) < 4.78 is 5.40. The van der Waals surface area contributed by atoms with Crippen LogP contribution in [0.2, 0.25) is 0 Å². The van der Waals surface area contributed by atoms with Crippen LogP contribution in [0.4, 0.5) is 5.69 Å². The molecule has 120 valence electrons. The van der Waals surface area contributed by atoms with E-state index < -0.39 is 23.2 Å². The maximum atomic E-state index is 12.5. The maximum absolute atomic E-state index is 12.5. The molecular formula is C16H17N3O4. The Morgan fingerprint density at radius 3 is 2.48 bits per heavy atom. The van der Waals surface area contributed by atoms with E-state index in [1.54, 1.807) is 45.0 Å². The molecule has 3 rings (SSSR count). The zero-order chi connectivity index (χ0) is 16.8. The van der Waals surface area contributed by atoms with Gasteiger partial charge in [0.25, 0.3) is 0 Å². The highest BCUT2D eigenvalue weighted by molar-refractivity contribution is 6.01. The molecule has 1 aliphatic carbocycles. The lowest BCUT2D eigenvalue weighted by atomic mass is 10.1. The molecule has 0 radical (unpaired) electrons. The Bertz CT molecular complexity index is 781. The highest BCUT2D eigenvalue weighted by Gasteiger charge is 2.65. The van der Waals surface area contributed by atoms with Crippen molar-refractivity contribution in [3.05, 3.63) is 30.2 Å². The molecular weight excluding hydrogens is 298 g/mol. The summed E-state index contributed by atoms with van der Waals surface area (Å²) >= 11 is 0. The second kappa shape index (κ2) is 5.19. The van der Waals surface area contributed by atoms with Crippen molar-refractivity contribution in [2.75, 3.05) is 5.32 Å². The number of nitrogens with one attached hydrogen (secondary N) is 1. The van der Waals surface area contributed by atoms with Gasteiger partial charge in [-0.1, -0.05) is 26.0 Å². The van der Waals surface area contributed by atoms with Gasteiger partial charge < -0.3 is 14.8 Å². The van der Waals surface area contributed by atoms with Crippen molar-refractivity contribution in [2.24, 2.45) is 17.3 Å². The summed E-state index contributed by atoms with van der Waals surface area (Å²) in [5.41, 5.74) is 0.575. The van der Waals surface area contributed by atoms with E-state index in [1.165, 1.54) is 0 Å². The average molecular weight is 315 g/mol. The minimum absolute atomic E-state index is 0.309. The van der Waals surface area contributed by atoms with Crippen LogP contribution < -0.4 is 5.32 Å². The summed E-state index contributed by atoms with van der Waals surface area (Å²) in [5.74, 6) is -1.75. The molecule has 0 unspecified atom stereocenters. The molecule has 1 aliphatic rings. The smallest absolute Gasteiger partial charge is 0.307 e. The molecule has 0 saturated heterocycles. The molecule has 1 heterocycles. The fourth-order valence-corrected chi connectivity index (χ4v) is 2.98. The van der Waals surface area contributed by atoms with E-state index in [0.29, 0.717) is 23.0 Å². The number of anilines is 1. The van der Waals surface area contributed by atoms with E-state index in [9.17, 15) is 14.7 Å². The number of hydrogen-bond donors (Lipinski definition) is 2. The Hall–Kier alpha value is -2.70. The van der Waals surface area contributed by atoms with Crippen molar-refractivity contribution in [3.8, 4) is 11.5 Å². The summed E-state index contributed by atoms with van der Waals surface area (Å²) in [6.07, 6.45) is 0. The molecule has 7 nitrogen and oxygen atoms in total. The summed E-state index contributed by atoms with van der Waals surface area (Å²) in [7, 11) is 0. The van der Waals surface area contributed by atoms with Gasteiger partial charge >= 0.3 is 5.97 Å². The largest absolute Gasteiger partial charge is 0.481 e. The zero-order valence-electron chi connectivity index (χ0n) is 13.0. The molecule has 2 aromatic rings. The maximum Gasteiger partial charge on any atom is 0.307 e. The number of para-hydroxylation sites is 1. The number of amides is 1. The first-order chi connectivity index (χ1) is 10.8. The van der Waals surface area contributed by atoms with Gasteiger partial charge in [-0.05, 0) is 17.5 Å². The fourth-order valence-electron chi connectivity index (χ4n) is 2.98. The third-order valence-electron chi connectivity index (χ3n) is 4.32. The van der Waals surface area contributed by atoms with E-state index in [-0.39, 0.29) is 5.91 Å². The van der Waals surface area contributed by atoms with E-state index >= 15 is 0 Å². The third-order valence-corrected chi connectivity index (χ3v) is 4.32. The summed E-state index contributed by atoms with van der Waals surface area (Å²) in [6, 6.07) is 7.05. The first-order valence-electron chi connectivity index (χ1n) is 7.25. The van der Waals surface area contributed by atoms with Gasteiger partial charge in [0.2, 0.25) is 17.7 Å². The van der Waals surface area contributed by atoms with Crippen LogP contribution in [-0.4, -0.2) is 27.2 Å². The normalized spacial score (nSPS) is 21.7. The number of hydrogen-bond acceptors (Lipinski definition) is 5. The third kappa shape index (κ3) is 2.58. The number of carbonyl (C=O) groups excluding carboxylic acids is 1. The van der Waals surface area contributed by atoms with Crippen molar-refractivity contribution >= 4 is 17.6 Å². The Labute approximate surface area is 132 Å². The number of aromatic nitrogens is 2. The number of rotatable bonds is 4. The van der Waals surface area contributed by atoms with Crippen LogP contribution in [-0.2, 0) is 9.59 Å². The van der Waals surface area contributed by atoms with Gasteiger partial charge in [-0.15, -0.1) is 10.2 Å². The van der Waals surface area contributed by atoms with E-state index in [0.717, 1.165) is 0 Å². The first-order valence-corrected chi connectivity index (χ1v) is 7.25. The van der Waals surface area contributed by atoms with Gasteiger partial charge in [0.1, 0.15) is 0 Å². The molecule has 1 aromatic heterocycles. The monoisotopic (exact) mass is 315 g/mol. The van der Waals surface area contributed by atoms with Crippen LogP contribution in [0.3, 0.4) is 0 Å². The number of carbonyl (C=O) groups is 2. The van der Waals surface area contributed by atoms with Crippen LogP contribution in [0.25, 0.3) is 11.5 Å². The molecule has 0 aliphatic heterocycles. The molecule has 0 spiro atoms. The van der Waals surface area contributed by atoms with Crippen molar-refractivity contribution in [2.45, 2.75) is 20.8 Å². The van der Waals surface area contributed by atoms with Gasteiger partial charge in [-0.25, -0.2) is 0 Å². The predicted molar refractivity (Wildman–Crippen MR) is 81.5 cm³/mol. The lowest BCUT2D eigenvalue weighted by Crippen LogP contribution is -2.18. The molecule has 2 N–H and O–H groups in total. The van der Waals surface area contributed by atoms with Gasteiger partial charge in [0.05, 0.1) is 23.1 Å². The number of benzene rings is 1. The second-order valence-corrected chi connectivity index (χ2v) is 6.28. The summed E-state index contributed by atoms with van der Waals surface area (Å²) in [4.78, 5) is 23.7. The average Bonchev–Trinajstić information content (AvgIpc) is 2.83. The fraction of sp³-hybridized carbons (Fsp3) is 0.375. The number of carboxylic acids is 1. The van der Waals surface area contributed by atoms with Crippen LogP contribution in [0.15, 0.2) is 28.7 Å². The lowest BCUT2D eigenvalue weighted by molar-refractivity contribution is -0.140. The van der Waals surface area contributed by atoms with E-state index in [2.05, 4.69) is 15.5 Å². The predicted octanol–water partition coefficient (Wildman–Crippen LogP) is 2.34. The van der Waals surface area contributed by atoms with Crippen LogP contribution in [0, 0.1) is 24.2 Å².